The van der Waals surface area contributed by atoms with E-state index in [9.17, 15) is 13.2 Å². The summed E-state index contributed by atoms with van der Waals surface area (Å²) in [5, 5.41) is 2.22. The van der Waals surface area contributed by atoms with Crippen molar-refractivity contribution in [2.75, 3.05) is 13.6 Å². The van der Waals surface area contributed by atoms with Gasteiger partial charge in [-0.25, -0.2) is 13.1 Å². The van der Waals surface area contributed by atoms with Crippen molar-refractivity contribution in [1.82, 2.24) is 9.62 Å². The maximum atomic E-state index is 12.8. The van der Waals surface area contributed by atoms with Crippen LogP contribution in [0.1, 0.15) is 22.8 Å². The molecule has 0 atom stereocenters. The minimum absolute atomic E-state index is 0.0914. The number of hydrogen-bond acceptors (Lipinski definition) is 3. The number of hydrogen-bond donors (Lipinski definition) is 1. The van der Waals surface area contributed by atoms with Crippen LogP contribution in [0, 0.1) is 0 Å². The molecule has 3 aromatic rings. The summed E-state index contributed by atoms with van der Waals surface area (Å²) in [6.07, 6.45) is 0. The van der Waals surface area contributed by atoms with Gasteiger partial charge < -0.3 is 4.90 Å². The summed E-state index contributed by atoms with van der Waals surface area (Å²) in [5.41, 5.74) is 1.39. The molecule has 0 unspecified atom stereocenters. The van der Waals surface area contributed by atoms with Crippen molar-refractivity contribution in [3.63, 3.8) is 0 Å². The van der Waals surface area contributed by atoms with Gasteiger partial charge in [0.05, 0.1) is 4.90 Å². The Morgan fingerprint density at radius 1 is 1.00 bits per heavy atom. The Kier molecular flexibility index (Phi) is 5.58. The summed E-state index contributed by atoms with van der Waals surface area (Å²) < 4.78 is 26.8. The van der Waals surface area contributed by atoms with E-state index in [1.807, 2.05) is 42.5 Å². The van der Waals surface area contributed by atoms with Gasteiger partial charge in [-0.3, -0.25) is 4.79 Å². The number of nitrogens with zero attached hydrogens (tertiary/aromatic N) is 1. The fourth-order valence-corrected chi connectivity index (χ4v) is 4.13. The number of carbonyl (C=O) groups is 1. The van der Waals surface area contributed by atoms with Gasteiger partial charge in [0.1, 0.15) is 0 Å². The lowest BCUT2D eigenvalue weighted by atomic mass is 10.0. The summed E-state index contributed by atoms with van der Waals surface area (Å²) in [5.74, 6) is -0.225. The first kappa shape index (κ1) is 19.1. The number of amides is 1. The first-order chi connectivity index (χ1) is 12.9. The number of sulfonamides is 1. The molecule has 5 nitrogen and oxygen atoms in total. The quantitative estimate of drug-likeness (QED) is 0.710. The van der Waals surface area contributed by atoms with Crippen LogP contribution < -0.4 is 4.72 Å². The van der Waals surface area contributed by atoms with Gasteiger partial charge in [0.15, 0.2) is 0 Å². The van der Waals surface area contributed by atoms with Crippen molar-refractivity contribution in [2.24, 2.45) is 0 Å². The summed E-state index contributed by atoms with van der Waals surface area (Å²) in [6.45, 7) is 2.44. The summed E-state index contributed by atoms with van der Waals surface area (Å²) >= 11 is 0. The average molecular weight is 382 g/mol. The summed E-state index contributed by atoms with van der Waals surface area (Å²) in [6, 6.07) is 20.2. The molecule has 0 aromatic heterocycles. The molecule has 0 spiro atoms. The highest BCUT2D eigenvalue weighted by atomic mass is 32.2. The van der Waals surface area contributed by atoms with E-state index in [2.05, 4.69) is 4.72 Å². The number of fused-ring (bicyclic) bond motifs is 1. The Balaban J connectivity index is 1.85. The van der Waals surface area contributed by atoms with Crippen molar-refractivity contribution in [3.8, 4) is 0 Å². The van der Waals surface area contributed by atoms with Crippen molar-refractivity contribution in [2.45, 2.75) is 18.4 Å². The highest BCUT2D eigenvalue weighted by molar-refractivity contribution is 7.89. The summed E-state index contributed by atoms with van der Waals surface area (Å²) in [4.78, 5) is 14.5. The Morgan fingerprint density at radius 3 is 2.48 bits per heavy atom. The zero-order valence-corrected chi connectivity index (χ0v) is 16.2. The second kappa shape index (κ2) is 7.90. The van der Waals surface area contributed by atoms with Crippen molar-refractivity contribution in [1.29, 1.82) is 0 Å². The van der Waals surface area contributed by atoms with Crippen LogP contribution in [0.15, 0.2) is 71.6 Å². The maximum Gasteiger partial charge on any atom is 0.253 e. The minimum atomic E-state index is -3.60. The molecule has 1 amide bonds. The van der Waals surface area contributed by atoms with Crippen LogP contribution in [-0.4, -0.2) is 32.8 Å². The van der Waals surface area contributed by atoms with Gasteiger partial charge in [0.2, 0.25) is 10.0 Å². The van der Waals surface area contributed by atoms with Crippen molar-refractivity contribution >= 4 is 26.7 Å². The molecular formula is C21H22N2O3S. The number of benzene rings is 3. The number of carbonyl (C=O) groups excluding carboxylic acids is 1. The minimum Gasteiger partial charge on any atom is -0.337 e. The van der Waals surface area contributed by atoms with Crippen LogP contribution in [0.25, 0.3) is 10.8 Å². The standard InChI is InChI=1S/C21H22N2O3S/c1-3-22-27(25,26)19-12-7-10-17(14-19)21(24)23(2)15-18-11-6-9-16-8-4-5-13-20(16)18/h4-14,22H,3,15H2,1-2H3. The molecule has 140 valence electrons. The molecule has 6 heteroatoms. The maximum absolute atomic E-state index is 12.8. The lowest BCUT2D eigenvalue weighted by Crippen LogP contribution is -2.27. The van der Waals surface area contributed by atoms with Crippen molar-refractivity contribution < 1.29 is 13.2 Å². The molecule has 3 aromatic carbocycles. The normalized spacial score (nSPS) is 11.5. The van der Waals surface area contributed by atoms with E-state index in [1.165, 1.54) is 12.1 Å². The third-order valence-electron chi connectivity index (χ3n) is 4.36. The van der Waals surface area contributed by atoms with Gasteiger partial charge in [-0.1, -0.05) is 55.5 Å². The Hall–Kier alpha value is -2.70. The van der Waals surface area contributed by atoms with Crippen LogP contribution >= 0.6 is 0 Å². The monoisotopic (exact) mass is 382 g/mol. The zero-order valence-electron chi connectivity index (χ0n) is 15.3. The van der Waals surface area contributed by atoms with E-state index in [1.54, 1.807) is 31.0 Å². The van der Waals surface area contributed by atoms with E-state index in [0.717, 1.165) is 16.3 Å². The van der Waals surface area contributed by atoms with Crippen LogP contribution in [0.4, 0.5) is 0 Å². The summed E-state index contributed by atoms with van der Waals surface area (Å²) in [7, 11) is -1.88. The Labute approximate surface area is 159 Å². The van der Waals surface area contributed by atoms with Crippen LogP contribution in [-0.2, 0) is 16.6 Å². The fraction of sp³-hybridized carbons (Fsp3) is 0.190. The van der Waals surface area contributed by atoms with E-state index in [0.29, 0.717) is 18.7 Å². The number of nitrogens with one attached hydrogen (secondary N) is 1. The molecule has 0 radical (unpaired) electrons. The predicted molar refractivity (Wildman–Crippen MR) is 107 cm³/mol. The molecule has 0 aliphatic carbocycles. The molecule has 27 heavy (non-hydrogen) atoms. The largest absolute Gasteiger partial charge is 0.337 e. The van der Waals surface area contributed by atoms with E-state index in [-0.39, 0.29) is 10.8 Å². The first-order valence-electron chi connectivity index (χ1n) is 8.74. The van der Waals surface area contributed by atoms with E-state index >= 15 is 0 Å². The second-order valence-electron chi connectivity index (χ2n) is 6.33. The Bertz CT molecular complexity index is 1070. The molecule has 3 rings (SSSR count). The first-order valence-corrected chi connectivity index (χ1v) is 10.2. The second-order valence-corrected chi connectivity index (χ2v) is 8.10. The van der Waals surface area contributed by atoms with Gasteiger partial charge in [0, 0.05) is 25.7 Å². The van der Waals surface area contributed by atoms with Gasteiger partial charge in [-0.15, -0.1) is 0 Å². The molecule has 1 N–H and O–H groups in total. The zero-order chi connectivity index (χ0) is 19.4. The molecular weight excluding hydrogens is 360 g/mol. The molecule has 0 aliphatic heterocycles. The van der Waals surface area contributed by atoms with Crippen LogP contribution in [0.3, 0.4) is 0 Å². The van der Waals surface area contributed by atoms with Gasteiger partial charge >= 0.3 is 0 Å². The molecule has 0 aliphatic rings. The topological polar surface area (TPSA) is 66.5 Å². The highest BCUT2D eigenvalue weighted by Gasteiger charge is 2.18. The average Bonchev–Trinajstić information content (AvgIpc) is 2.68. The lowest BCUT2D eigenvalue weighted by molar-refractivity contribution is 0.0785. The van der Waals surface area contributed by atoms with E-state index in [4.69, 9.17) is 0 Å². The van der Waals surface area contributed by atoms with Gasteiger partial charge in [0.25, 0.3) is 5.91 Å². The molecule has 0 saturated carbocycles. The Morgan fingerprint density at radius 2 is 1.70 bits per heavy atom. The fourth-order valence-electron chi connectivity index (χ4n) is 3.05. The van der Waals surface area contributed by atoms with Crippen LogP contribution in [0.2, 0.25) is 0 Å². The van der Waals surface area contributed by atoms with Crippen LogP contribution in [0.5, 0.6) is 0 Å². The highest BCUT2D eigenvalue weighted by Crippen LogP contribution is 2.21. The SMILES string of the molecule is CCNS(=O)(=O)c1cccc(C(=O)N(C)Cc2cccc3ccccc23)c1. The molecule has 0 heterocycles. The molecule has 0 fully saturated rings. The molecule has 0 bridgehead atoms. The van der Waals surface area contributed by atoms with Gasteiger partial charge in [-0.05, 0) is 34.5 Å². The smallest absolute Gasteiger partial charge is 0.253 e. The third-order valence-corrected chi connectivity index (χ3v) is 5.90. The van der Waals surface area contributed by atoms with Gasteiger partial charge in [-0.2, -0.15) is 0 Å². The van der Waals surface area contributed by atoms with Crippen molar-refractivity contribution in [3.05, 3.63) is 77.9 Å². The predicted octanol–water partition coefficient (Wildman–Crippen LogP) is 3.41. The number of rotatable bonds is 6. The molecule has 0 saturated heterocycles. The van der Waals surface area contributed by atoms with E-state index < -0.39 is 10.0 Å². The third kappa shape index (κ3) is 4.18. The lowest BCUT2D eigenvalue weighted by Gasteiger charge is -2.19.